The van der Waals surface area contributed by atoms with Gasteiger partial charge >= 0.3 is 0 Å². The van der Waals surface area contributed by atoms with Gasteiger partial charge in [-0.1, -0.05) is 28.1 Å². The fourth-order valence-corrected chi connectivity index (χ4v) is 2.28. The van der Waals surface area contributed by atoms with E-state index in [4.69, 9.17) is 10.00 Å². The van der Waals surface area contributed by atoms with E-state index < -0.39 is 0 Å². The van der Waals surface area contributed by atoms with Crippen LogP contribution in [0.2, 0.25) is 0 Å². The Morgan fingerprint density at radius 1 is 1.41 bits per heavy atom. The minimum atomic E-state index is -0.288. The zero-order valence-corrected chi connectivity index (χ0v) is 11.4. The van der Waals surface area contributed by atoms with E-state index in [1.165, 1.54) is 5.56 Å². The molecule has 0 saturated carbocycles. The van der Waals surface area contributed by atoms with Crippen LogP contribution in [0.4, 0.5) is 0 Å². The topological polar surface area (TPSA) is 36.3 Å². The van der Waals surface area contributed by atoms with Crippen LogP contribution in [0, 0.1) is 16.7 Å². The lowest BCUT2D eigenvalue weighted by molar-refractivity contribution is -0.0895. The van der Waals surface area contributed by atoms with Crippen molar-refractivity contribution in [3.05, 3.63) is 34.3 Å². The molecule has 0 atom stereocenters. The van der Waals surface area contributed by atoms with E-state index >= 15 is 0 Å². The Morgan fingerprint density at radius 2 is 2.06 bits per heavy atom. The van der Waals surface area contributed by atoms with Crippen LogP contribution in [-0.2, 0) is 11.3 Å². The number of ether oxygens (including phenoxy) is 1. The average molecular weight is 295 g/mol. The van der Waals surface area contributed by atoms with Crippen molar-refractivity contribution in [2.24, 2.45) is 5.41 Å². The van der Waals surface area contributed by atoms with Crippen LogP contribution in [0.15, 0.2) is 28.7 Å². The molecular weight excluding hydrogens is 280 g/mol. The summed E-state index contributed by atoms with van der Waals surface area (Å²) in [4.78, 5) is 2.18. The van der Waals surface area contributed by atoms with Crippen LogP contribution in [0.5, 0.6) is 0 Å². The van der Waals surface area contributed by atoms with E-state index in [2.05, 4.69) is 39.0 Å². The summed E-state index contributed by atoms with van der Waals surface area (Å²) in [6, 6.07) is 10.6. The van der Waals surface area contributed by atoms with Crippen LogP contribution in [0.1, 0.15) is 5.56 Å². The quantitative estimate of drug-likeness (QED) is 0.856. The van der Waals surface area contributed by atoms with E-state index in [1.54, 1.807) is 0 Å². The van der Waals surface area contributed by atoms with Crippen molar-refractivity contribution in [2.45, 2.75) is 6.54 Å². The van der Waals surface area contributed by atoms with Crippen molar-refractivity contribution in [1.82, 2.24) is 4.90 Å². The predicted molar refractivity (Wildman–Crippen MR) is 69.3 cm³/mol. The van der Waals surface area contributed by atoms with Crippen molar-refractivity contribution in [2.75, 3.05) is 26.8 Å². The highest BCUT2D eigenvalue weighted by Crippen LogP contribution is 2.27. The summed E-state index contributed by atoms with van der Waals surface area (Å²) in [5.74, 6) is 0. The molecular formula is C13H15BrN2O. The second-order valence-corrected chi connectivity index (χ2v) is 5.60. The third-order valence-electron chi connectivity index (χ3n) is 2.93. The van der Waals surface area contributed by atoms with Gasteiger partial charge in [-0.2, -0.15) is 5.26 Å². The lowest BCUT2D eigenvalue weighted by Gasteiger charge is -2.38. The summed E-state index contributed by atoms with van der Waals surface area (Å²) in [6.07, 6.45) is 0. The zero-order valence-electron chi connectivity index (χ0n) is 9.82. The molecule has 0 bridgehead atoms. The molecule has 0 spiro atoms. The van der Waals surface area contributed by atoms with Gasteiger partial charge in [0.15, 0.2) is 0 Å². The predicted octanol–water partition coefficient (Wildman–Crippen LogP) is 2.42. The molecule has 3 nitrogen and oxygen atoms in total. The number of nitrogens with zero attached hydrogens (tertiary/aromatic N) is 2. The summed E-state index contributed by atoms with van der Waals surface area (Å²) in [5.41, 5.74) is 0.966. The second kappa shape index (κ2) is 5.18. The lowest BCUT2D eigenvalue weighted by Crippen LogP contribution is -2.48. The van der Waals surface area contributed by atoms with Gasteiger partial charge in [-0.25, -0.2) is 0 Å². The Morgan fingerprint density at radius 3 is 2.53 bits per heavy atom. The number of benzene rings is 1. The minimum absolute atomic E-state index is 0.288. The van der Waals surface area contributed by atoms with E-state index in [0.29, 0.717) is 13.2 Å². The Hall–Kier alpha value is -0.890. The minimum Gasteiger partial charge on any atom is -0.378 e. The number of nitriles is 1. The zero-order chi connectivity index (χ0) is 12.3. The Balaban J connectivity index is 1.91. The molecule has 0 aromatic heterocycles. The lowest BCUT2D eigenvalue weighted by atomic mass is 9.87. The van der Waals surface area contributed by atoms with Crippen molar-refractivity contribution in [3.8, 4) is 6.07 Å². The van der Waals surface area contributed by atoms with E-state index in [-0.39, 0.29) is 5.41 Å². The van der Waals surface area contributed by atoms with Crippen molar-refractivity contribution in [1.29, 1.82) is 5.26 Å². The average Bonchev–Trinajstić information content (AvgIpc) is 2.27. The molecule has 4 heteroatoms. The van der Waals surface area contributed by atoms with Gasteiger partial charge in [0, 0.05) is 17.6 Å². The molecule has 90 valence electrons. The summed E-state index contributed by atoms with van der Waals surface area (Å²) in [7, 11) is 2.04. The smallest absolute Gasteiger partial charge is 0.116 e. The van der Waals surface area contributed by atoms with Gasteiger partial charge in [-0.15, -0.1) is 0 Å². The summed E-state index contributed by atoms with van der Waals surface area (Å²) in [6.45, 7) is 2.75. The third kappa shape index (κ3) is 3.06. The highest BCUT2D eigenvalue weighted by atomic mass is 79.9. The number of rotatable bonds is 4. The molecule has 0 N–H and O–H groups in total. The standard InChI is InChI=1S/C13H15BrN2O/c1-16(8-13(7-15)9-17-10-13)6-11-2-4-12(14)5-3-11/h2-5H,6,8-10H2,1H3. The first-order valence-corrected chi connectivity index (χ1v) is 6.35. The normalized spacial score (nSPS) is 17.5. The van der Waals surface area contributed by atoms with Crippen molar-refractivity contribution >= 4 is 15.9 Å². The molecule has 1 saturated heterocycles. The molecule has 1 aromatic carbocycles. The summed E-state index contributed by atoms with van der Waals surface area (Å²) < 4.78 is 6.23. The van der Waals surface area contributed by atoms with Gasteiger partial charge in [-0.3, -0.25) is 0 Å². The molecule has 1 heterocycles. The monoisotopic (exact) mass is 294 g/mol. The van der Waals surface area contributed by atoms with Crippen molar-refractivity contribution < 1.29 is 4.74 Å². The molecule has 1 aliphatic heterocycles. The van der Waals surface area contributed by atoms with Gasteiger partial charge < -0.3 is 9.64 Å². The first-order chi connectivity index (χ1) is 8.13. The largest absolute Gasteiger partial charge is 0.378 e. The van der Waals surface area contributed by atoms with Crippen LogP contribution >= 0.6 is 15.9 Å². The molecule has 0 radical (unpaired) electrons. The maximum atomic E-state index is 9.13. The molecule has 0 amide bonds. The third-order valence-corrected chi connectivity index (χ3v) is 3.46. The molecule has 0 unspecified atom stereocenters. The maximum Gasteiger partial charge on any atom is 0.116 e. The Kier molecular flexibility index (Phi) is 3.82. The van der Waals surface area contributed by atoms with Crippen LogP contribution in [-0.4, -0.2) is 31.7 Å². The fourth-order valence-electron chi connectivity index (χ4n) is 2.01. The van der Waals surface area contributed by atoms with Gasteiger partial charge in [0.25, 0.3) is 0 Å². The first-order valence-electron chi connectivity index (χ1n) is 5.56. The van der Waals surface area contributed by atoms with Crippen LogP contribution in [0.3, 0.4) is 0 Å². The van der Waals surface area contributed by atoms with Gasteiger partial charge in [0.1, 0.15) is 5.41 Å². The highest BCUT2D eigenvalue weighted by molar-refractivity contribution is 9.10. The number of halogens is 1. The van der Waals surface area contributed by atoms with Gasteiger partial charge in [0.2, 0.25) is 0 Å². The number of hydrogen-bond donors (Lipinski definition) is 0. The van der Waals surface area contributed by atoms with Crippen LogP contribution < -0.4 is 0 Å². The molecule has 1 fully saturated rings. The van der Waals surface area contributed by atoms with Gasteiger partial charge in [0.05, 0.1) is 19.3 Å². The molecule has 17 heavy (non-hydrogen) atoms. The van der Waals surface area contributed by atoms with Gasteiger partial charge in [-0.05, 0) is 24.7 Å². The molecule has 1 aromatic rings. The number of hydrogen-bond acceptors (Lipinski definition) is 3. The SMILES string of the molecule is CN(Cc1ccc(Br)cc1)CC1(C#N)COC1. The van der Waals surface area contributed by atoms with Crippen LogP contribution in [0.25, 0.3) is 0 Å². The van der Waals surface area contributed by atoms with E-state index in [0.717, 1.165) is 17.6 Å². The Bertz CT molecular complexity index is 420. The van der Waals surface area contributed by atoms with E-state index in [9.17, 15) is 0 Å². The Labute approximate surface area is 110 Å². The molecule has 2 rings (SSSR count). The summed E-state index contributed by atoms with van der Waals surface area (Å²) >= 11 is 3.42. The molecule has 0 aliphatic carbocycles. The molecule has 1 aliphatic rings. The first kappa shape index (κ1) is 12.6. The fraction of sp³-hybridized carbons (Fsp3) is 0.462. The van der Waals surface area contributed by atoms with Crippen molar-refractivity contribution in [3.63, 3.8) is 0 Å². The highest BCUT2D eigenvalue weighted by Gasteiger charge is 2.39. The summed E-state index contributed by atoms with van der Waals surface area (Å²) in [5, 5.41) is 9.13. The second-order valence-electron chi connectivity index (χ2n) is 4.68. The van der Waals surface area contributed by atoms with E-state index in [1.807, 2.05) is 19.2 Å². The maximum absolute atomic E-state index is 9.13.